The fraction of sp³-hybridized carbons (Fsp3) is 0.125. The van der Waals surface area contributed by atoms with Gasteiger partial charge in [-0.05, 0) is 19.1 Å². The summed E-state index contributed by atoms with van der Waals surface area (Å²) in [5.74, 6) is -1.60. The molecule has 0 aromatic heterocycles. The van der Waals surface area contributed by atoms with Crippen molar-refractivity contribution in [3.63, 3.8) is 0 Å². The topological polar surface area (TPSA) is 78.2 Å². The lowest BCUT2D eigenvalue weighted by Crippen LogP contribution is -2.18. The Bertz CT molecular complexity index is 336. The number of nitrogens with one attached hydrogen (secondary N) is 1. The molecule has 2 N–H and O–H groups in total. The van der Waals surface area contributed by atoms with Gasteiger partial charge in [0.25, 0.3) is 0 Å². The Morgan fingerprint density at radius 3 is 2.50 bits per heavy atom. The monoisotopic (exact) mass is 165 g/mol. The van der Waals surface area contributed by atoms with Crippen molar-refractivity contribution in [3.8, 4) is 0 Å². The lowest BCUT2D eigenvalue weighted by Gasteiger charge is -2.07. The molecule has 0 unspecified atom stereocenters. The fourth-order valence-corrected chi connectivity index (χ4v) is 0.913. The quantitative estimate of drug-likeness (QED) is 0.439. The first-order valence-corrected chi connectivity index (χ1v) is 3.29. The number of carbonyl (C=O) groups excluding carboxylic acids is 2. The maximum absolute atomic E-state index is 11.0. The minimum absolute atomic E-state index is 0.209. The average molecular weight is 165 g/mol. The summed E-state index contributed by atoms with van der Waals surface area (Å²) >= 11 is 0. The summed E-state index contributed by atoms with van der Waals surface area (Å²) in [6.45, 7) is 1.18. The summed E-state index contributed by atoms with van der Waals surface area (Å²) in [6, 6.07) is 0. The van der Waals surface area contributed by atoms with Gasteiger partial charge in [-0.3, -0.25) is 15.0 Å². The molecule has 4 heteroatoms. The van der Waals surface area contributed by atoms with E-state index in [0.717, 1.165) is 12.2 Å². The zero-order valence-corrected chi connectivity index (χ0v) is 6.42. The van der Waals surface area contributed by atoms with Crippen molar-refractivity contribution in [2.75, 3.05) is 0 Å². The van der Waals surface area contributed by atoms with Gasteiger partial charge in [0.2, 0.25) is 0 Å². The molecule has 0 radical (unpaired) electrons. The van der Waals surface area contributed by atoms with Crippen LogP contribution in [0.5, 0.6) is 0 Å². The fourth-order valence-electron chi connectivity index (χ4n) is 0.913. The molecule has 4 nitrogen and oxygen atoms in total. The third-order valence-corrected chi connectivity index (χ3v) is 1.49. The van der Waals surface area contributed by atoms with E-state index in [1.807, 2.05) is 0 Å². The van der Waals surface area contributed by atoms with Crippen LogP contribution in [-0.4, -0.2) is 22.4 Å². The third-order valence-electron chi connectivity index (χ3n) is 1.49. The lowest BCUT2D eigenvalue weighted by atomic mass is 9.98. The van der Waals surface area contributed by atoms with E-state index in [1.165, 1.54) is 6.92 Å². The Kier molecular flexibility index (Phi) is 1.91. The van der Waals surface area contributed by atoms with Crippen LogP contribution >= 0.6 is 0 Å². The van der Waals surface area contributed by atoms with E-state index >= 15 is 0 Å². The molecule has 0 bridgehead atoms. The van der Waals surface area contributed by atoms with Crippen molar-refractivity contribution in [3.05, 3.63) is 23.5 Å². The van der Waals surface area contributed by atoms with Crippen LogP contribution in [0.1, 0.15) is 6.92 Å². The minimum Gasteiger partial charge on any atom is -0.505 e. The molecule has 0 spiro atoms. The van der Waals surface area contributed by atoms with Crippen molar-refractivity contribution in [2.24, 2.45) is 0 Å². The molecule has 0 atom stereocenters. The smallest absolute Gasteiger partial charge is 0.193 e. The molecule has 0 amide bonds. The zero-order chi connectivity index (χ0) is 9.30. The van der Waals surface area contributed by atoms with Gasteiger partial charge in [-0.2, -0.15) is 0 Å². The normalized spacial score (nSPS) is 17.1. The molecule has 1 rings (SSSR count). The van der Waals surface area contributed by atoms with E-state index in [-0.39, 0.29) is 11.3 Å². The first-order chi connectivity index (χ1) is 5.54. The number of carbonyl (C=O) groups is 2. The van der Waals surface area contributed by atoms with Gasteiger partial charge >= 0.3 is 0 Å². The Morgan fingerprint density at radius 2 is 2.08 bits per heavy atom. The standard InChI is InChI=1S/C8H7NO3/c1-4(10)7-6(11)3-2-5(9)8(7)12/h2-3,9,12H,1H3. The molecule has 0 fully saturated rings. The molecule has 0 saturated carbocycles. The second-order valence-corrected chi connectivity index (χ2v) is 2.39. The Morgan fingerprint density at radius 1 is 1.50 bits per heavy atom. The van der Waals surface area contributed by atoms with Gasteiger partial charge < -0.3 is 5.11 Å². The lowest BCUT2D eigenvalue weighted by molar-refractivity contribution is -0.118. The number of aliphatic hydroxyl groups is 1. The molecular formula is C8H7NO3. The summed E-state index contributed by atoms with van der Waals surface area (Å²) in [7, 11) is 0. The molecule has 0 aromatic rings. The number of rotatable bonds is 1. The number of hydrogen-bond donors (Lipinski definition) is 2. The van der Waals surface area contributed by atoms with Crippen LogP contribution in [0.3, 0.4) is 0 Å². The highest BCUT2D eigenvalue weighted by atomic mass is 16.3. The van der Waals surface area contributed by atoms with E-state index < -0.39 is 17.3 Å². The van der Waals surface area contributed by atoms with Gasteiger partial charge in [0.15, 0.2) is 17.3 Å². The third kappa shape index (κ3) is 1.18. The Hall–Kier alpha value is -1.71. The summed E-state index contributed by atoms with van der Waals surface area (Å²) in [5.41, 5.74) is -0.512. The van der Waals surface area contributed by atoms with E-state index in [4.69, 9.17) is 10.5 Å². The first-order valence-electron chi connectivity index (χ1n) is 3.29. The van der Waals surface area contributed by atoms with Gasteiger partial charge in [-0.25, -0.2) is 0 Å². The molecule has 12 heavy (non-hydrogen) atoms. The number of hydrogen-bond acceptors (Lipinski definition) is 4. The van der Waals surface area contributed by atoms with Gasteiger partial charge in [0.05, 0.1) is 5.71 Å². The van der Waals surface area contributed by atoms with Gasteiger partial charge in [0.1, 0.15) is 5.57 Å². The molecule has 0 aromatic carbocycles. The number of aliphatic hydroxyl groups excluding tert-OH is 1. The summed E-state index contributed by atoms with van der Waals surface area (Å²) in [5, 5.41) is 16.2. The van der Waals surface area contributed by atoms with Crippen LogP contribution in [-0.2, 0) is 9.59 Å². The van der Waals surface area contributed by atoms with Crippen LogP contribution in [0.15, 0.2) is 23.5 Å². The Balaban J connectivity index is 3.24. The molecule has 0 heterocycles. The van der Waals surface area contributed by atoms with Crippen molar-refractivity contribution >= 4 is 17.3 Å². The van der Waals surface area contributed by atoms with Crippen LogP contribution in [0, 0.1) is 5.41 Å². The van der Waals surface area contributed by atoms with Crippen molar-refractivity contribution in [1.29, 1.82) is 5.41 Å². The SMILES string of the molecule is CC(=O)C1=C(O)C(=N)C=CC1=O. The average Bonchev–Trinajstić information content (AvgIpc) is 1.97. The molecule has 1 aliphatic carbocycles. The van der Waals surface area contributed by atoms with E-state index in [9.17, 15) is 9.59 Å². The highest BCUT2D eigenvalue weighted by molar-refractivity contribution is 6.31. The first kappa shape index (κ1) is 8.39. The Labute approximate surface area is 68.7 Å². The summed E-state index contributed by atoms with van der Waals surface area (Å²) in [6.07, 6.45) is 2.25. The summed E-state index contributed by atoms with van der Waals surface area (Å²) in [4.78, 5) is 21.8. The highest BCUT2D eigenvalue weighted by Gasteiger charge is 2.22. The van der Waals surface area contributed by atoms with Gasteiger partial charge in [0, 0.05) is 0 Å². The van der Waals surface area contributed by atoms with Crippen LogP contribution in [0.2, 0.25) is 0 Å². The predicted molar refractivity (Wildman–Crippen MR) is 42.2 cm³/mol. The van der Waals surface area contributed by atoms with E-state index in [2.05, 4.69) is 0 Å². The second-order valence-electron chi connectivity index (χ2n) is 2.39. The van der Waals surface area contributed by atoms with Gasteiger partial charge in [-0.15, -0.1) is 0 Å². The molecular weight excluding hydrogens is 158 g/mol. The minimum atomic E-state index is -0.545. The molecule has 1 aliphatic rings. The van der Waals surface area contributed by atoms with Crippen molar-refractivity contribution in [2.45, 2.75) is 6.92 Å². The van der Waals surface area contributed by atoms with Crippen LogP contribution in [0.25, 0.3) is 0 Å². The van der Waals surface area contributed by atoms with Crippen LogP contribution in [0.4, 0.5) is 0 Å². The molecule has 0 saturated heterocycles. The zero-order valence-electron chi connectivity index (χ0n) is 6.42. The van der Waals surface area contributed by atoms with Gasteiger partial charge in [-0.1, -0.05) is 0 Å². The van der Waals surface area contributed by atoms with Crippen molar-refractivity contribution < 1.29 is 14.7 Å². The highest BCUT2D eigenvalue weighted by Crippen LogP contribution is 2.12. The van der Waals surface area contributed by atoms with E-state index in [1.54, 1.807) is 0 Å². The number of ketones is 2. The van der Waals surface area contributed by atoms with E-state index in [0.29, 0.717) is 0 Å². The van der Waals surface area contributed by atoms with Crippen molar-refractivity contribution in [1.82, 2.24) is 0 Å². The molecule has 62 valence electrons. The molecule has 0 aliphatic heterocycles. The number of allylic oxidation sites excluding steroid dienone is 3. The largest absolute Gasteiger partial charge is 0.505 e. The number of Topliss-reactive ketones (excluding diaryl/α,β-unsaturated/α-hetero) is 1. The maximum atomic E-state index is 11.0. The predicted octanol–water partition coefficient (Wildman–Crippen LogP) is 0.546. The second kappa shape index (κ2) is 2.73. The summed E-state index contributed by atoms with van der Waals surface area (Å²) < 4.78 is 0. The van der Waals surface area contributed by atoms with Crippen LogP contribution < -0.4 is 0 Å². The maximum Gasteiger partial charge on any atom is 0.193 e.